The van der Waals surface area contributed by atoms with Crippen LogP contribution in [0.4, 0.5) is 11.6 Å². The molecule has 8 nitrogen and oxygen atoms in total. The van der Waals surface area contributed by atoms with E-state index in [9.17, 15) is 4.79 Å². The first-order chi connectivity index (χ1) is 12.2. The van der Waals surface area contributed by atoms with E-state index in [0.717, 1.165) is 5.69 Å². The van der Waals surface area contributed by atoms with Crippen LogP contribution in [0.15, 0.2) is 60.8 Å². The molecule has 122 valence electrons. The molecule has 0 bridgehead atoms. The van der Waals surface area contributed by atoms with Crippen LogP contribution in [0.5, 0.6) is 0 Å². The quantitative estimate of drug-likeness (QED) is 0.591. The molecule has 0 amide bonds. The van der Waals surface area contributed by atoms with Gasteiger partial charge in [-0.1, -0.05) is 23.4 Å². The fraction of sp³-hybridized carbons (Fsp3) is 0. The number of nitrogens with one attached hydrogen (secondary N) is 1. The topological polar surface area (TPSA) is 106 Å². The maximum atomic E-state index is 10.9. The molecule has 0 atom stereocenters. The van der Waals surface area contributed by atoms with E-state index in [0.29, 0.717) is 22.8 Å². The fourth-order valence-corrected chi connectivity index (χ4v) is 2.36. The van der Waals surface area contributed by atoms with E-state index in [-0.39, 0.29) is 5.56 Å². The maximum absolute atomic E-state index is 10.9. The van der Waals surface area contributed by atoms with Crippen LogP contribution >= 0.6 is 0 Å². The number of hydrogen-bond donors (Lipinski definition) is 2. The second-order valence-corrected chi connectivity index (χ2v) is 5.25. The predicted octanol–water partition coefficient (Wildman–Crippen LogP) is 2.65. The molecule has 0 aliphatic heterocycles. The van der Waals surface area contributed by atoms with Crippen LogP contribution < -0.4 is 5.32 Å². The number of nitrogens with zero attached hydrogens (tertiary/aromatic N) is 5. The van der Waals surface area contributed by atoms with Crippen molar-refractivity contribution in [2.45, 2.75) is 0 Å². The van der Waals surface area contributed by atoms with E-state index < -0.39 is 5.97 Å². The van der Waals surface area contributed by atoms with E-state index >= 15 is 0 Å². The molecule has 0 fully saturated rings. The van der Waals surface area contributed by atoms with Gasteiger partial charge >= 0.3 is 5.97 Å². The van der Waals surface area contributed by atoms with Gasteiger partial charge in [0.15, 0.2) is 11.2 Å². The largest absolute Gasteiger partial charge is 0.478 e. The lowest BCUT2D eigenvalue weighted by molar-refractivity contribution is 0.0697. The van der Waals surface area contributed by atoms with Crippen LogP contribution in [0.25, 0.3) is 16.9 Å². The smallest absolute Gasteiger partial charge is 0.335 e. The zero-order valence-corrected chi connectivity index (χ0v) is 12.9. The minimum atomic E-state index is -0.970. The number of carbonyl (C=O) groups is 1. The SMILES string of the molecule is O=C(O)c1ccc(Nc2ncc3nnn(-c4ccccc4)c3n2)cc1. The van der Waals surface area contributed by atoms with Gasteiger partial charge in [-0.05, 0) is 36.4 Å². The molecule has 2 aromatic heterocycles. The van der Waals surface area contributed by atoms with Crippen LogP contribution in [0.1, 0.15) is 10.4 Å². The number of fused-ring (bicyclic) bond motifs is 1. The molecular weight excluding hydrogens is 320 g/mol. The van der Waals surface area contributed by atoms with Crippen molar-refractivity contribution in [2.24, 2.45) is 0 Å². The van der Waals surface area contributed by atoms with Crippen molar-refractivity contribution in [1.82, 2.24) is 25.0 Å². The van der Waals surface area contributed by atoms with Crippen molar-refractivity contribution in [3.8, 4) is 5.69 Å². The van der Waals surface area contributed by atoms with Crippen LogP contribution in [0, 0.1) is 0 Å². The Kier molecular flexibility index (Phi) is 3.55. The monoisotopic (exact) mass is 332 g/mol. The summed E-state index contributed by atoms with van der Waals surface area (Å²) in [6.07, 6.45) is 1.59. The molecule has 4 rings (SSSR count). The van der Waals surface area contributed by atoms with Gasteiger partial charge in [-0.25, -0.2) is 9.78 Å². The zero-order valence-electron chi connectivity index (χ0n) is 12.9. The number of benzene rings is 2. The molecule has 25 heavy (non-hydrogen) atoms. The molecule has 2 aromatic carbocycles. The number of aromatic nitrogens is 5. The van der Waals surface area contributed by atoms with Gasteiger partial charge in [0.05, 0.1) is 17.4 Å². The first-order valence-corrected chi connectivity index (χ1v) is 7.45. The van der Waals surface area contributed by atoms with Crippen LogP contribution in [-0.2, 0) is 0 Å². The Balaban J connectivity index is 1.68. The molecule has 2 N–H and O–H groups in total. The summed E-state index contributed by atoms with van der Waals surface area (Å²) in [6.45, 7) is 0. The van der Waals surface area contributed by atoms with E-state index in [4.69, 9.17) is 5.11 Å². The van der Waals surface area contributed by atoms with Crippen molar-refractivity contribution in [3.05, 3.63) is 66.4 Å². The minimum absolute atomic E-state index is 0.216. The van der Waals surface area contributed by atoms with E-state index in [2.05, 4.69) is 25.6 Å². The average molecular weight is 332 g/mol. The summed E-state index contributed by atoms with van der Waals surface area (Å²) in [5, 5.41) is 20.2. The fourth-order valence-electron chi connectivity index (χ4n) is 2.36. The predicted molar refractivity (Wildman–Crippen MR) is 91.1 cm³/mol. The second kappa shape index (κ2) is 6.00. The molecule has 0 unspecified atom stereocenters. The van der Waals surface area contributed by atoms with Crippen molar-refractivity contribution >= 4 is 28.8 Å². The first kappa shape index (κ1) is 14.8. The Bertz CT molecular complexity index is 1040. The van der Waals surface area contributed by atoms with Gasteiger partial charge in [-0.3, -0.25) is 0 Å². The summed E-state index contributed by atoms with van der Waals surface area (Å²) >= 11 is 0. The highest BCUT2D eigenvalue weighted by molar-refractivity contribution is 5.88. The highest BCUT2D eigenvalue weighted by Gasteiger charge is 2.10. The summed E-state index contributed by atoms with van der Waals surface area (Å²) in [6, 6.07) is 15.9. The molecule has 0 aliphatic rings. The van der Waals surface area contributed by atoms with Gasteiger partial charge in [0, 0.05) is 5.69 Å². The van der Waals surface area contributed by atoms with Crippen LogP contribution in [-0.4, -0.2) is 36.0 Å². The van der Waals surface area contributed by atoms with E-state index in [1.54, 1.807) is 23.0 Å². The van der Waals surface area contributed by atoms with Crippen LogP contribution in [0.3, 0.4) is 0 Å². The number of anilines is 2. The first-order valence-electron chi connectivity index (χ1n) is 7.45. The lowest BCUT2D eigenvalue weighted by Gasteiger charge is -2.06. The summed E-state index contributed by atoms with van der Waals surface area (Å²) in [4.78, 5) is 19.6. The number of hydrogen-bond acceptors (Lipinski definition) is 6. The third-order valence-corrected chi connectivity index (χ3v) is 3.58. The molecular formula is C17H12N6O2. The van der Waals surface area contributed by atoms with Gasteiger partial charge in [0.1, 0.15) is 0 Å². The second-order valence-electron chi connectivity index (χ2n) is 5.25. The maximum Gasteiger partial charge on any atom is 0.335 e. The highest BCUT2D eigenvalue weighted by atomic mass is 16.4. The molecule has 2 heterocycles. The number of para-hydroxylation sites is 1. The molecule has 0 saturated carbocycles. The standard InChI is InChI=1S/C17H12N6O2/c24-16(25)11-6-8-12(9-7-11)19-17-18-10-14-15(20-17)23(22-21-14)13-4-2-1-3-5-13/h1-10H,(H,24,25)(H,18,19,20). The van der Waals surface area contributed by atoms with Crippen molar-refractivity contribution in [1.29, 1.82) is 0 Å². The Morgan fingerprint density at radius 1 is 1.04 bits per heavy atom. The molecule has 0 spiro atoms. The van der Waals surface area contributed by atoms with Gasteiger partial charge in [-0.2, -0.15) is 9.67 Å². The van der Waals surface area contributed by atoms with E-state index in [1.165, 1.54) is 12.1 Å². The van der Waals surface area contributed by atoms with E-state index in [1.807, 2.05) is 30.3 Å². The molecule has 0 radical (unpaired) electrons. The molecule has 4 aromatic rings. The summed E-state index contributed by atoms with van der Waals surface area (Å²) in [5.74, 6) is -0.600. The van der Waals surface area contributed by atoms with Gasteiger partial charge in [0.2, 0.25) is 5.95 Å². The number of rotatable bonds is 4. The normalized spacial score (nSPS) is 10.7. The minimum Gasteiger partial charge on any atom is -0.478 e. The Hall–Kier alpha value is -3.81. The van der Waals surface area contributed by atoms with Gasteiger partial charge in [0.25, 0.3) is 0 Å². The van der Waals surface area contributed by atoms with Crippen molar-refractivity contribution in [3.63, 3.8) is 0 Å². The van der Waals surface area contributed by atoms with Crippen molar-refractivity contribution < 1.29 is 9.90 Å². The summed E-state index contributed by atoms with van der Waals surface area (Å²) in [5.41, 5.74) is 2.90. The third kappa shape index (κ3) is 2.88. The van der Waals surface area contributed by atoms with Gasteiger partial charge in [-0.15, -0.1) is 5.10 Å². The number of carboxylic acid groups (broad SMARTS) is 1. The molecule has 8 heteroatoms. The zero-order chi connectivity index (χ0) is 17.2. The number of aromatic carboxylic acids is 1. The Labute approximate surface area is 141 Å². The Morgan fingerprint density at radius 2 is 1.80 bits per heavy atom. The molecule has 0 aliphatic carbocycles. The Morgan fingerprint density at radius 3 is 2.52 bits per heavy atom. The lowest BCUT2D eigenvalue weighted by Crippen LogP contribution is -2.01. The average Bonchev–Trinajstić information content (AvgIpc) is 3.06. The lowest BCUT2D eigenvalue weighted by atomic mass is 10.2. The van der Waals surface area contributed by atoms with Crippen molar-refractivity contribution in [2.75, 3.05) is 5.32 Å². The summed E-state index contributed by atoms with van der Waals surface area (Å²) < 4.78 is 1.63. The van der Waals surface area contributed by atoms with Crippen LogP contribution in [0.2, 0.25) is 0 Å². The molecule has 0 saturated heterocycles. The highest BCUT2D eigenvalue weighted by Crippen LogP contribution is 2.18. The number of carboxylic acids is 1. The third-order valence-electron chi connectivity index (χ3n) is 3.58. The van der Waals surface area contributed by atoms with Gasteiger partial charge < -0.3 is 10.4 Å². The summed E-state index contributed by atoms with van der Waals surface area (Å²) in [7, 11) is 0.